The number of carbonyl (C=O) groups excluding carboxylic acids is 1. The van der Waals surface area contributed by atoms with E-state index in [-0.39, 0.29) is 11.0 Å². The SMILES string of the molecule is COC(=O)c1cn([C@H]2CC[C@@H](O[Si](C)(C)C(C)(C)C)C2)c2ccccc12. The van der Waals surface area contributed by atoms with Crippen molar-refractivity contribution in [2.24, 2.45) is 0 Å². The van der Waals surface area contributed by atoms with Crippen molar-refractivity contribution in [2.45, 2.75) is 70.3 Å². The number of rotatable bonds is 4. The molecule has 0 N–H and O–H groups in total. The number of benzene rings is 1. The Hall–Kier alpha value is -1.59. The van der Waals surface area contributed by atoms with Crippen LogP contribution in [0.15, 0.2) is 30.5 Å². The molecule has 2 atom stereocenters. The van der Waals surface area contributed by atoms with Gasteiger partial charge in [-0.2, -0.15) is 0 Å². The summed E-state index contributed by atoms with van der Waals surface area (Å²) in [6.07, 6.45) is 5.45. The summed E-state index contributed by atoms with van der Waals surface area (Å²) in [5.41, 5.74) is 1.75. The van der Waals surface area contributed by atoms with E-state index in [1.807, 2.05) is 24.4 Å². The number of hydrogen-bond donors (Lipinski definition) is 0. The van der Waals surface area contributed by atoms with Crippen LogP contribution in [0.25, 0.3) is 10.9 Å². The predicted octanol–water partition coefficient (Wildman–Crippen LogP) is 5.54. The third kappa shape index (κ3) is 3.47. The predicted molar refractivity (Wildman–Crippen MR) is 108 cm³/mol. The van der Waals surface area contributed by atoms with Crippen LogP contribution >= 0.6 is 0 Å². The Balaban J connectivity index is 1.84. The molecule has 0 unspecified atom stereocenters. The van der Waals surface area contributed by atoms with Crippen LogP contribution in [0.3, 0.4) is 0 Å². The maximum Gasteiger partial charge on any atom is 0.340 e. The van der Waals surface area contributed by atoms with Crippen LogP contribution in [0.5, 0.6) is 0 Å². The number of para-hydroxylation sites is 1. The standard InChI is InChI=1S/C21H31NO3Si/c1-21(2,3)26(5,6)25-16-12-11-15(13-16)22-14-18(20(23)24-4)17-9-7-8-10-19(17)22/h7-10,14-16H,11-13H2,1-6H3/t15-,16+/m0/s1. The lowest BCUT2D eigenvalue weighted by Crippen LogP contribution is -2.43. The molecule has 0 amide bonds. The van der Waals surface area contributed by atoms with Crippen molar-refractivity contribution in [1.82, 2.24) is 4.57 Å². The van der Waals surface area contributed by atoms with Crippen LogP contribution in [0, 0.1) is 0 Å². The largest absolute Gasteiger partial charge is 0.465 e. The first-order valence-corrected chi connectivity index (χ1v) is 12.4. The highest BCUT2D eigenvalue weighted by molar-refractivity contribution is 6.74. The summed E-state index contributed by atoms with van der Waals surface area (Å²) in [5, 5.41) is 1.19. The Morgan fingerprint density at radius 3 is 2.54 bits per heavy atom. The lowest BCUT2D eigenvalue weighted by atomic mass is 10.2. The van der Waals surface area contributed by atoms with E-state index in [2.05, 4.69) is 44.5 Å². The minimum atomic E-state index is -1.76. The van der Waals surface area contributed by atoms with Crippen LogP contribution in [-0.4, -0.2) is 32.1 Å². The molecule has 0 aliphatic heterocycles. The number of nitrogens with zero attached hydrogens (tertiary/aromatic N) is 1. The van der Waals surface area contributed by atoms with Crippen LogP contribution in [0.2, 0.25) is 18.1 Å². The highest BCUT2D eigenvalue weighted by Crippen LogP contribution is 2.42. The lowest BCUT2D eigenvalue weighted by molar-refractivity contribution is 0.0602. The van der Waals surface area contributed by atoms with Crippen molar-refractivity contribution in [2.75, 3.05) is 7.11 Å². The molecule has 0 saturated heterocycles. The average molecular weight is 374 g/mol. The number of ether oxygens (including phenoxy) is 1. The van der Waals surface area contributed by atoms with Gasteiger partial charge in [-0.25, -0.2) is 4.79 Å². The van der Waals surface area contributed by atoms with E-state index in [1.54, 1.807) is 0 Å². The monoisotopic (exact) mass is 373 g/mol. The molecule has 0 spiro atoms. The minimum absolute atomic E-state index is 0.225. The number of aromatic nitrogens is 1. The summed E-state index contributed by atoms with van der Waals surface area (Å²) >= 11 is 0. The van der Waals surface area contributed by atoms with E-state index in [0.717, 1.165) is 30.2 Å². The van der Waals surface area contributed by atoms with Gasteiger partial charge < -0.3 is 13.7 Å². The van der Waals surface area contributed by atoms with E-state index >= 15 is 0 Å². The molecule has 1 saturated carbocycles. The summed E-state index contributed by atoms with van der Waals surface area (Å²) in [4.78, 5) is 12.2. The quantitative estimate of drug-likeness (QED) is 0.521. The summed E-state index contributed by atoms with van der Waals surface area (Å²) < 4.78 is 13.9. The fraction of sp³-hybridized carbons (Fsp3) is 0.571. The van der Waals surface area contributed by atoms with E-state index < -0.39 is 8.32 Å². The van der Waals surface area contributed by atoms with Gasteiger partial charge in [-0.15, -0.1) is 0 Å². The number of hydrogen-bond acceptors (Lipinski definition) is 3. The third-order valence-electron chi connectivity index (χ3n) is 6.16. The number of methoxy groups -OCH3 is 1. The van der Waals surface area contributed by atoms with Gasteiger partial charge >= 0.3 is 5.97 Å². The topological polar surface area (TPSA) is 40.5 Å². The Kier molecular flexibility index (Phi) is 5.06. The normalized spacial score (nSPS) is 21.3. The zero-order valence-electron chi connectivity index (χ0n) is 16.8. The summed E-state index contributed by atoms with van der Waals surface area (Å²) in [6.45, 7) is 11.5. The number of esters is 1. The van der Waals surface area contributed by atoms with Crippen LogP contribution < -0.4 is 0 Å². The minimum Gasteiger partial charge on any atom is -0.465 e. The summed E-state index contributed by atoms with van der Waals surface area (Å²) in [7, 11) is -0.318. The Morgan fingerprint density at radius 1 is 1.19 bits per heavy atom. The Bertz CT molecular complexity index is 803. The first kappa shape index (κ1) is 19.2. The van der Waals surface area contributed by atoms with Gasteiger partial charge in [0.15, 0.2) is 8.32 Å². The number of carbonyl (C=O) groups is 1. The second-order valence-electron chi connectivity index (χ2n) is 8.93. The van der Waals surface area contributed by atoms with Gasteiger partial charge in [-0.3, -0.25) is 0 Å². The van der Waals surface area contributed by atoms with Crippen LogP contribution in [0.4, 0.5) is 0 Å². The summed E-state index contributed by atoms with van der Waals surface area (Å²) in [5.74, 6) is -0.271. The molecule has 142 valence electrons. The molecule has 1 fully saturated rings. The fourth-order valence-electron chi connectivity index (χ4n) is 3.65. The first-order chi connectivity index (χ1) is 12.1. The van der Waals surface area contributed by atoms with Gasteiger partial charge in [0.25, 0.3) is 0 Å². The molecular formula is C21H31NO3Si. The highest BCUT2D eigenvalue weighted by atomic mass is 28.4. The van der Waals surface area contributed by atoms with Gasteiger partial charge in [-0.1, -0.05) is 39.0 Å². The van der Waals surface area contributed by atoms with E-state index in [9.17, 15) is 4.79 Å². The van der Waals surface area contributed by atoms with Crippen molar-refractivity contribution in [3.63, 3.8) is 0 Å². The second kappa shape index (κ2) is 6.85. The smallest absolute Gasteiger partial charge is 0.340 e. The first-order valence-electron chi connectivity index (χ1n) is 9.50. The molecule has 1 aliphatic carbocycles. The number of fused-ring (bicyclic) bond motifs is 1. The van der Waals surface area contributed by atoms with Gasteiger partial charge in [-0.05, 0) is 43.5 Å². The van der Waals surface area contributed by atoms with Gasteiger partial charge in [0, 0.05) is 29.2 Å². The highest BCUT2D eigenvalue weighted by Gasteiger charge is 2.41. The van der Waals surface area contributed by atoms with Gasteiger partial charge in [0.05, 0.1) is 12.7 Å². The molecule has 26 heavy (non-hydrogen) atoms. The van der Waals surface area contributed by atoms with Crippen LogP contribution in [-0.2, 0) is 9.16 Å². The maximum absolute atomic E-state index is 12.2. The molecule has 1 aromatic heterocycles. The van der Waals surface area contributed by atoms with E-state index in [0.29, 0.717) is 17.7 Å². The third-order valence-corrected chi connectivity index (χ3v) is 10.7. The van der Waals surface area contributed by atoms with Crippen molar-refractivity contribution >= 4 is 25.2 Å². The molecule has 1 aromatic carbocycles. The van der Waals surface area contributed by atoms with Crippen molar-refractivity contribution < 1.29 is 14.0 Å². The van der Waals surface area contributed by atoms with Crippen molar-refractivity contribution in [3.05, 3.63) is 36.0 Å². The Morgan fingerprint density at radius 2 is 1.88 bits per heavy atom. The van der Waals surface area contributed by atoms with E-state index in [4.69, 9.17) is 9.16 Å². The second-order valence-corrected chi connectivity index (χ2v) is 13.7. The van der Waals surface area contributed by atoms with Gasteiger partial charge in [0.1, 0.15) is 0 Å². The molecule has 0 radical (unpaired) electrons. The molecule has 4 nitrogen and oxygen atoms in total. The maximum atomic E-state index is 12.2. The molecule has 2 aromatic rings. The zero-order chi connectivity index (χ0) is 19.1. The molecule has 1 aliphatic rings. The van der Waals surface area contributed by atoms with E-state index in [1.165, 1.54) is 7.11 Å². The zero-order valence-corrected chi connectivity index (χ0v) is 17.8. The fourth-order valence-corrected chi connectivity index (χ4v) is 5.05. The molecule has 1 heterocycles. The molecule has 5 heteroatoms. The van der Waals surface area contributed by atoms with Crippen LogP contribution in [0.1, 0.15) is 56.4 Å². The Labute approximate surface area is 157 Å². The molecule has 3 rings (SSSR count). The lowest BCUT2D eigenvalue weighted by Gasteiger charge is -2.38. The average Bonchev–Trinajstić information content (AvgIpc) is 3.17. The molecule has 0 bridgehead atoms. The van der Waals surface area contributed by atoms with Crippen molar-refractivity contribution in [3.8, 4) is 0 Å². The van der Waals surface area contributed by atoms with Gasteiger partial charge in [0.2, 0.25) is 0 Å². The van der Waals surface area contributed by atoms with Crippen molar-refractivity contribution in [1.29, 1.82) is 0 Å². The summed E-state index contributed by atoms with van der Waals surface area (Å²) in [6, 6.07) is 8.45. The molecular weight excluding hydrogens is 342 g/mol.